The summed E-state index contributed by atoms with van der Waals surface area (Å²) < 4.78 is 214. The lowest BCUT2D eigenvalue weighted by atomic mass is 9.73. The average Bonchev–Trinajstić information content (AvgIpc) is 0.717. The van der Waals surface area contributed by atoms with Crippen molar-refractivity contribution in [3.8, 4) is 0 Å². The molecule has 1 saturated carbocycles. The summed E-state index contributed by atoms with van der Waals surface area (Å²) in [6, 6.07) is 0. The number of carbonyl (C=O) groups is 11. The molecule has 0 aliphatic heterocycles. The van der Waals surface area contributed by atoms with Crippen LogP contribution in [0.25, 0.3) is 0 Å². The quantitative estimate of drug-likeness (QED) is 0.0337. The molecule has 0 heterocycles. The highest BCUT2D eigenvalue weighted by atomic mass is 31.2. The molecule has 6 unspecified atom stereocenters. The SMILES string of the molecule is CCCC(=O)OC1(OP(=O)(OCOC(C)=O)OCOC(C)=O)C(CCC)C(OP(=O)(OCOC(C)=O)OCOC(C)=O)C(OP(=O)(OCOC(C)=O)OCOC(C)=O)C(OP(=O)(OCOC(C)=O)OCOC(C)=O)C1OP(=O)(OCOC(C)=O)OCOC(C)=O. The molecule has 518 valence electrons. The number of carbonyl (C=O) groups excluding carboxylic acids is 11. The van der Waals surface area contributed by atoms with Gasteiger partial charge in [-0.2, -0.15) is 0 Å². The van der Waals surface area contributed by atoms with Crippen molar-refractivity contribution >= 4 is 105 Å². The predicted molar refractivity (Wildman–Crippen MR) is 278 cm³/mol. The van der Waals surface area contributed by atoms with Crippen LogP contribution < -0.4 is 0 Å². The van der Waals surface area contributed by atoms with Crippen LogP contribution in [-0.2, 0) is 196 Å². The van der Waals surface area contributed by atoms with Gasteiger partial charge in [-0.25, -0.2) is 72.6 Å². The third kappa shape index (κ3) is 32.8. The summed E-state index contributed by atoms with van der Waals surface area (Å²) in [5.74, 6) is -20.3. The third-order valence-corrected chi connectivity index (χ3v) is 16.3. The summed E-state index contributed by atoms with van der Waals surface area (Å²) in [7, 11) is -30.7. The van der Waals surface area contributed by atoms with E-state index in [9.17, 15) is 52.7 Å². The fraction of sp³-hybridized carbons (Fsp3) is 0.744. The Kier molecular flexibility index (Phi) is 37.4. The molecule has 0 spiro atoms. The van der Waals surface area contributed by atoms with E-state index in [4.69, 9.17) is 120 Å². The van der Waals surface area contributed by atoms with Gasteiger partial charge in [-0.05, 0) is 12.8 Å². The minimum absolute atomic E-state index is 0.252. The first-order valence-corrected chi connectivity index (χ1v) is 32.7. The average molecular weight is 1410 g/mol. The second kappa shape index (κ2) is 40.6. The van der Waals surface area contributed by atoms with Crippen LogP contribution in [0.2, 0.25) is 0 Å². The summed E-state index contributed by atoms with van der Waals surface area (Å²) in [5.41, 5.74) is 0. The number of phosphoric ester groups is 5. The molecule has 47 heteroatoms. The van der Waals surface area contributed by atoms with Gasteiger partial charge in [0.05, 0.1) is 5.92 Å². The Morgan fingerprint density at radius 1 is 0.311 bits per heavy atom. The van der Waals surface area contributed by atoms with E-state index < -0.39 is 228 Å². The monoisotopic (exact) mass is 1410 g/mol. The Balaban J connectivity index is 5.58. The number of hydrogen-bond donors (Lipinski definition) is 0. The van der Waals surface area contributed by atoms with Crippen LogP contribution in [0, 0.1) is 5.92 Å². The standard InChI is InChI=1S/C43H69O42P5/c1-13-15-37-39(81-86(55,70-17-60-27(3)44)71-18-61-28(4)45)40(82-87(56,72-19-62-29(5)46)73-20-63-30(6)47)41(83-88(57,74-21-64-31(7)48)75-22-65-32(8)49)42(84-89(58,76-23-66-33(9)50)77-24-67-34(10)51)43(37,80-38(54)16-14-2)85-90(59,78-25-68-35(11)52)79-26-69-36(12)53/h37,39-42H,13-26H2,1-12H3. The lowest BCUT2D eigenvalue weighted by Crippen LogP contribution is -2.71. The zero-order chi connectivity index (χ0) is 68.5. The zero-order valence-corrected chi connectivity index (χ0v) is 54.6. The fourth-order valence-electron chi connectivity index (χ4n) is 6.12. The molecule has 1 aliphatic rings. The number of rotatable bonds is 45. The molecule has 0 aromatic heterocycles. The maximum Gasteiger partial charge on any atom is 0.484 e. The predicted octanol–water partition coefficient (Wildman–Crippen LogP) is 4.93. The molecule has 0 radical (unpaired) electrons. The van der Waals surface area contributed by atoms with Crippen molar-refractivity contribution in [3.05, 3.63) is 0 Å². The maximum absolute atomic E-state index is 15.6. The molecule has 6 atom stereocenters. The highest BCUT2D eigenvalue weighted by Crippen LogP contribution is 2.67. The fourth-order valence-corrected chi connectivity index (χ4v) is 11.7. The first-order valence-electron chi connectivity index (χ1n) is 25.4. The molecule has 1 aliphatic carbocycles. The Bertz CT molecular complexity index is 2560. The van der Waals surface area contributed by atoms with Gasteiger partial charge in [0.25, 0.3) is 5.79 Å². The first kappa shape index (κ1) is 82.7. The van der Waals surface area contributed by atoms with Crippen LogP contribution >= 0.6 is 39.1 Å². The molecule has 0 aromatic carbocycles. The van der Waals surface area contributed by atoms with E-state index in [0.29, 0.717) is 0 Å². The van der Waals surface area contributed by atoms with Gasteiger partial charge in [0, 0.05) is 75.7 Å². The van der Waals surface area contributed by atoms with Gasteiger partial charge >= 0.3 is 105 Å². The van der Waals surface area contributed by atoms with Gasteiger partial charge in [-0.3, -0.25) is 70.8 Å². The van der Waals surface area contributed by atoms with Crippen LogP contribution in [0.3, 0.4) is 0 Å². The van der Waals surface area contributed by atoms with Crippen molar-refractivity contribution in [2.24, 2.45) is 5.92 Å². The Labute approximate surface area is 512 Å². The Morgan fingerprint density at radius 2 is 0.544 bits per heavy atom. The van der Waals surface area contributed by atoms with E-state index in [2.05, 4.69) is 0 Å². The van der Waals surface area contributed by atoms with E-state index in [1.807, 2.05) is 0 Å². The Morgan fingerprint density at radius 3 is 0.789 bits per heavy atom. The van der Waals surface area contributed by atoms with E-state index >= 15 is 22.8 Å². The molecule has 1 rings (SSSR count). The summed E-state index contributed by atoms with van der Waals surface area (Å²) in [4.78, 5) is 136. The molecule has 0 N–H and O–H groups in total. The van der Waals surface area contributed by atoms with Crippen molar-refractivity contribution in [2.45, 2.75) is 139 Å². The largest absolute Gasteiger partial charge is 0.484 e. The lowest BCUT2D eigenvalue weighted by Gasteiger charge is -2.55. The van der Waals surface area contributed by atoms with Gasteiger partial charge in [0.2, 0.25) is 67.9 Å². The number of hydrogen-bond acceptors (Lipinski definition) is 42. The third-order valence-electron chi connectivity index (χ3n) is 9.56. The molecular formula is C43H69O42P5. The summed E-state index contributed by atoms with van der Waals surface area (Å²) in [6.45, 7) is -4.72. The number of ether oxygens (including phenoxy) is 11. The van der Waals surface area contributed by atoms with Gasteiger partial charge < -0.3 is 52.1 Å². The first-order chi connectivity index (χ1) is 41.9. The topological polar surface area (TPSA) is 513 Å². The summed E-state index contributed by atoms with van der Waals surface area (Å²) >= 11 is 0. The van der Waals surface area contributed by atoms with E-state index in [-0.39, 0.29) is 6.42 Å². The molecule has 0 aromatic rings. The second-order valence-electron chi connectivity index (χ2n) is 16.7. The van der Waals surface area contributed by atoms with Gasteiger partial charge in [0.15, 0.2) is 6.10 Å². The van der Waals surface area contributed by atoms with Crippen molar-refractivity contribution in [2.75, 3.05) is 67.9 Å². The Hall–Kier alpha value is -5.28. The normalized spacial score (nSPS) is 18.6. The van der Waals surface area contributed by atoms with Crippen molar-refractivity contribution in [3.63, 3.8) is 0 Å². The second-order valence-corrected chi connectivity index (χ2v) is 24.8. The highest BCUT2D eigenvalue weighted by molar-refractivity contribution is 7.49. The lowest BCUT2D eigenvalue weighted by molar-refractivity contribution is -0.322. The van der Waals surface area contributed by atoms with E-state index in [1.165, 1.54) is 13.8 Å². The molecular weight excluding hydrogens is 1340 g/mol. The molecule has 0 bridgehead atoms. The zero-order valence-electron chi connectivity index (χ0n) is 50.2. The van der Waals surface area contributed by atoms with Gasteiger partial charge in [-0.1, -0.05) is 20.3 Å². The van der Waals surface area contributed by atoms with E-state index in [0.717, 1.165) is 69.2 Å². The minimum atomic E-state index is -6.22. The molecule has 42 nitrogen and oxygen atoms in total. The molecule has 0 amide bonds. The number of phosphoric acid groups is 5. The summed E-state index contributed by atoms with van der Waals surface area (Å²) in [5, 5.41) is 0. The van der Waals surface area contributed by atoms with Gasteiger partial charge in [0.1, 0.15) is 18.3 Å². The highest BCUT2D eigenvalue weighted by Gasteiger charge is 2.72. The van der Waals surface area contributed by atoms with Crippen molar-refractivity contribution in [1.29, 1.82) is 0 Å². The van der Waals surface area contributed by atoms with Crippen molar-refractivity contribution < 1.29 is 196 Å². The summed E-state index contributed by atoms with van der Waals surface area (Å²) in [6.07, 6.45) is -15.5. The minimum Gasteiger partial charge on any atom is -0.438 e. The van der Waals surface area contributed by atoms with Crippen molar-refractivity contribution in [1.82, 2.24) is 0 Å². The number of esters is 11. The van der Waals surface area contributed by atoms with Crippen LogP contribution in [-0.4, -0.2) is 164 Å². The van der Waals surface area contributed by atoms with E-state index in [1.54, 1.807) is 0 Å². The maximum atomic E-state index is 15.6. The molecule has 90 heavy (non-hydrogen) atoms. The van der Waals surface area contributed by atoms with Crippen LogP contribution in [0.15, 0.2) is 0 Å². The van der Waals surface area contributed by atoms with Crippen LogP contribution in [0.5, 0.6) is 0 Å². The van der Waals surface area contributed by atoms with Crippen LogP contribution in [0.4, 0.5) is 0 Å². The molecule has 1 fully saturated rings. The van der Waals surface area contributed by atoms with Crippen LogP contribution in [0.1, 0.15) is 109 Å². The smallest absolute Gasteiger partial charge is 0.438 e. The van der Waals surface area contributed by atoms with Gasteiger partial charge in [-0.15, -0.1) is 0 Å². The molecule has 0 saturated heterocycles.